The SMILES string of the molecule is CC(=O)N1CCN(C(=O)C2CCN(c3cccc(C)c3C)CC2)CC1. The Morgan fingerprint density at radius 2 is 1.52 bits per heavy atom. The van der Waals surface area contributed by atoms with E-state index >= 15 is 0 Å². The Balaban J connectivity index is 1.55. The minimum Gasteiger partial charge on any atom is -0.371 e. The van der Waals surface area contributed by atoms with E-state index in [2.05, 4.69) is 36.9 Å². The molecule has 3 rings (SSSR count). The normalized spacial score (nSPS) is 19.2. The molecule has 0 atom stereocenters. The molecule has 0 aromatic heterocycles. The molecule has 2 saturated heterocycles. The topological polar surface area (TPSA) is 43.9 Å². The summed E-state index contributed by atoms with van der Waals surface area (Å²) in [7, 11) is 0. The van der Waals surface area contributed by atoms with Crippen molar-refractivity contribution in [2.45, 2.75) is 33.6 Å². The minimum atomic E-state index is 0.105. The second kappa shape index (κ2) is 7.46. The molecule has 1 aromatic rings. The molecule has 0 radical (unpaired) electrons. The second-order valence-electron chi connectivity index (χ2n) is 7.31. The maximum Gasteiger partial charge on any atom is 0.225 e. The van der Waals surface area contributed by atoms with Crippen molar-refractivity contribution in [2.75, 3.05) is 44.2 Å². The predicted molar refractivity (Wildman–Crippen MR) is 99.7 cm³/mol. The van der Waals surface area contributed by atoms with Gasteiger partial charge in [-0.05, 0) is 43.9 Å². The van der Waals surface area contributed by atoms with Crippen LogP contribution in [-0.2, 0) is 9.59 Å². The molecule has 2 fully saturated rings. The lowest BCUT2D eigenvalue weighted by Gasteiger charge is -2.39. The third-order valence-corrected chi connectivity index (χ3v) is 5.80. The van der Waals surface area contributed by atoms with Gasteiger partial charge in [-0.3, -0.25) is 9.59 Å². The van der Waals surface area contributed by atoms with Crippen LogP contribution in [0.5, 0.6) is 0 Å². The zero-order chi connectivity index (χ0) is 18.0. The van der Waals surface area contributed by atoms with Crippen molar-refractivity contribution in [3.8, 4) is 0 Å². The molecule has 5 heteroatoms. The van der Waals surface area contributed by atoms with Crippen LogP contribution in [0.15, 0.2) is 18.2 Å². The van der Waals surface area contributed by atoms with Gasteiger partial charge >= 0.3 is 0 Å². The third-order valence-electron chi connectivity index (χ3n) is 5.80. The van der Waals surface area contributed by atoms with Crippen LogP contribution >= 0.6 is 0 Å². The average molecular weight is 343 g/mol. The van der Waals surface area contributed by atoms with E-state index in [1.54, 1.807) is 6.92 Å². The summed E-state index contributed by atoms with van der Waals surface area (Å²) in [5.41, 5.74) is 3.97. The molecule has 0 N–H and O–H groups in total. The van der Waals surface area contributed by atoms with E-state index in [9.17, 15) is 9.59 Å². The molecule has 2 aliphatic rings. The number of aryl methyl sites for hydroxylation is 1. The lowest BCUT2D eigenvalue weighted by Crippen LogP contribution is -2.52. The van der Waals surface area contributed by atoms with Gasteiger partial charge in [0.25, 0.3) is 0 Å². The summed E-state index contributed by atoms with van der Waals surface area (Å²) in [4.78, 5) is 30.4. The lowest BCUT2D eigenvalue weighted by molar-refractivity contribution is -0.141. The van der Waals surface area contributed by atoms with E-state index < -0.39 is 0 Å². The maximum atomic E-state index is 12.8. The molecule has 136 valence electrons. The Labute approximate surface area is 150 Å². The number of rotatable bonds is 2. The summed E-state index contributed by atoms with van der Waals surface area (Å²) in [6, 6.07) is 6.45. The van der Waals surface area contributed by atoms with E-state index in [-0.39, 0.29) is 17.7 Å². The molecule has 1 aromatic carbocycles. The molecular weight excluding hydrogens is 314 g/mol. The predicted octanol–water partition coefficient (Wildman–Crippen LogP) is 2.21. The fraction of sp³-hybridized carbons (Fsp3) is 0.600. The summed E-state index contributed by atoms with van der Waals surface area (Å²) in [6.45, 7) is 10.5. The van der Waals surface area contributed by atoms with Gasteiger partial charge in [0.1, 0.15) is 0 Å². The van der Waals surface area contributed by atoms with Crippen LogP contribution in [0.25, 0.3) is 0 Å². The summed E-state index contributed by atoms with van der Waals surface area (Å²) in [5, 5.41) is 0. The minimum absolute atomic E-state index is 0.105. The first-order valence-electron chi connectivity index (χ1n) is 9.33. The number of carbonyl (C=O) groups is 2. The molecule has 0 bridgehead atoms. The number of nitrogens with zero attached hydrogens (tertiary/aromatic N) is 3. The molecule has 0 unspecified atom stereocenters. The summed E-state index contributed by atoms with van der Waals surface area (Å²) >= 11 is 0. The van der Waals surface area contributed by atoms with Gasteiger partial charge in [-0.15, -0.1) is 0 Å². The molecule has 2 aliphatic heterocycles. The molecular formula is C20H29N3O2. The first-order valence-corrected chi connectivity index (χ1v) is 9.33. The third kappa shape index (κ3) is 3.80. The Kier molecular flexibility index (Phi) is 5.30. The van der Waals surface area contributed by atoms with Crippen molar-refractivity contribution < 1.29 is 9.59 Å². The molecule has 25 heavy (non-hydrogen) atoms. The molecule has 2 heterocycles. The van der Waals surface area contributed by atoms with Crippen LogP contribution in [-0.4, -0.2) is 60.9 Å². The number of hydrogen-bond acceptors (Lipinski definition) is 3. The molecule has 2 amide bonds. The molecule has 0 aliphatic carbocycles. The van der Waals surface area contributed by atoms with Gasteiger partial charge in [0.2, 0.25) is 11.8 Å². The number of benzene rings is 1. The van der Waals surface area contributed by atoms with Gasteiger partial charge in [-0.2, -0.15) is 0 Å². The zero-order valence-electron chi connectivity index (χ0n) is 15.6. The highest BCUT2D eigenvalue weighted by Crippen LogP contribution is 2.28. The monoisotopic (exact) mass is 343 g/mol. The van der Waals surface area contributed by atoms with E-state index in [0.717, 1.165) is 25.9 Å². The summed E-state index contributed by atoms with van der Waals surface area (Å²) < 4.78 is 0. The van der Waals surface area contributed by atoms with Gasteiger partial charge in [0, 0.05) is 57.8 Å². The second-order valence-corrected chi connectivity index (χ2v) is 7.31. The number of hydrogen-bond donors (Lipinski definition) is 0. The van der Waals surface area contributed by atoms with Gasteiger partial charge in [0.15, 0.2) is 0 Å². The van der Waals surface area contributed by atoms with Crippen molar-refractivity contribution >= 4 is 17.5 Å². The van der Waals surface area contributed by atoms with Crippen molar-refractivity contribution in [2.24, 2.45) is 5.92 Å². The summed E-state index contributed by atoms with van der Waals surface area (Å²) in [5.74, 6) is 0.517. The van der Waals surface area contributed by atoms with Gasteiger partial charge in [-0.1, -0.05) is 12.1 Å². The highest BCUT2D eigenvalue weighted by atomic mass is 16.2. The van der Waals surface area contributed by atoms with Crippen LogP contribution in [0.3, 0.4) is 0 Å². The zero-order valence-corrected chi connectivity index (χ0v) is 15.6. The first kappa shape index (κ1) is 17.8. The largest absolute Gasteiger partial charge is 0.371 e. The number of amides is 2. The number of anilines is 1. The van der Waals surface area contributed by atoms with Crippen LogP contribution < -0.4 is 4.90 Å². The fourth-order valence-electron chi connectivity index (χ4n) is 3.95. The summed E-state index contributed by atoms with van der Waals surface area (Å²) in [6.07, 6.45) is 1.83. The average Bonchev–Trinajstić information content (AvgIpc) is 2.64. The van der Waals surface area contributed by atoms with Crippen molar-refractivity contribution in [3.05, 3.63) is 29.3 Å². The first-order chi connectivity index (χ1) is 12.0. The van der Waals surface area contributed by atoms with Crippen molar-refractivity contribution in [1.82, 2.24) is 9.80 Å². The number of piperidine rings is 1. The quantitative estimate of drug-likeness (QED) is 0.827. The van der Waals surface area contributed by atoms with E-state index in [1.807, 2.05) is 9.80 Å². The van der Waals surface area contributed by atoms with Crippen molar-refractivity contribution in [3.63, 3.8) is 0 Å². The smallest absolute Gasteiger partial charge is 0.225 e. The maximum absolute atomic E-state index is 12.8. The van der Waals surface area contributed by atoms with Crippen LogP contribution in [0, 0.1) is 19.8 Å². The highest BCUT2D eigenvalue weighted by molar-refractivity contribution is 5.80. The van der Waals surface area contributed by atoms with Crippen molar-refractivity contribution in [1.29, 1.82) is 0 Å². The van der Waals surface area contributed by atoms with Crippen LogP contribution in [0.4, 0.5) is 5.69 Å². The van der Waals surface area contributed by atoms with E-state index in [4.69, 9.17) is 0 Å². The Hall–Kier alpha value is -2.04. The van der Waals surface area contributed by atoms with Gasteiger partial charge in [-0.25, -0.2) is 0 Å². The lowest BCUT2D eigenvalue weighted by atomic mass is 9.94. The van der Waals surface area contributed by atoms with Crippen LogP contribution in [0.2, 0.25) is 0 Å². The van der Waals surface area contributed by atoms with Gasteiger partial charge < -0.3 is 14.7 Å². The Morgan fingerprint density at radius 3 is 2.12 bits per heavy atom. The number of carbonyl (C=O) groups excluding carboxylic acids is 2. The molecule has 0 saturated carbocycles. The molecule has 0 spiro atoms. The van der Waals surface area contributed by atoms with E-state index in [0.29, 0.717) is 26.2 Å². The number of piperazine rings is 1. The van der Waals surface area contributed by atoms with Gasteiger partial charge in [0.05, 0.1) is 0 Å². The van der Waals surface area contributed by atoms with Crippen LogP contribution in [0.1, 0.15) is 30.9 Å². The standard InChI is InChI=1S/C20H29N3O2/c1-15-5-4-6-19(16(15)2)22-9-7-18(8-10-22)20(25)23-13-11-21(12-14-23)17(3)24/h4-6,18H,7-14H2,1-3H3. The molecule has 5 nitrogen and oxygen atoms in total. The Bertz CT molecular complexity index is 642. The fourth-order valence-corrected chi connectivity index (χ4v) is 3.95. The van der Waals surface area contributed by atoms with E-state index in [1.165, 1.54) is 16.8 Å². The Morgan fingerprint density at radius 1 is 0.920 bits per heavy atom. The highest BCUT2D eigenvalue weighted by Gasteiger charge is 2.31.